The van der Waals surface area contributed by atoms with E-state index >= 15 is 0 Å². The lowest BCUT2D eigenvalue weighted by Gasteiger charge is -2.33. The Labute approximate surface area is 125 Å². The van der Waals surface area contributed by atoms with E-state index in [-0.39, 0.29) is 11.9 Å². The van der Waals surface area contributed by atoms with Gasteiger partial charge in [-0.2, -0.15) is 0 Å². The Bertz CT molecular complexity index is 260. The summed E-state index contributed by atoms with van der Waals surface area (Å²) in [5, 5.41) is 0. The Morgan fingerprint density at radius 3 is 2.35 bits per heavy atom. The molecule has 0 spiro atoms. The summed E-state index contributed by atoms with van der Waals surface area (Å²) in [7, 11) is 0. The highest BCUT2D eigenvalue weighted by atomic mass is 16.2. The normalized spacial score (nSPS) is 18.2. The topological polar surface area (TPSA) is 46.3 Å². The molecular formula is C17H34N2O. The van der Waals surface area contributed by atoms with Crippen LogP contribution in [0.4, 0.5) is 0 Å². The van der Waals surface area contributed by atoms with E-state index in [1.807, 2.05) is 4.90 Å². The van der Waals surface area contributed by atoms with Crippen molar-refractivity contribution in [2.45, 2.75) is 84.1 Å². The Balaban J connectivity index is 2.19. The van der Waals surface area contributed by atoms with Gasteiger partial charge in [0.15, 0.2) is 0 Å². The van der Waals surface area contributed by atoms with Crippen LogP contribution in [0.5, 0.6) is 0 Å². The number of rotatable bonds is 9. The van der Waals surface area contributed by atoms with Crippen molar-refractivity contribution in [3.63, 3.8) is 0 Å². The minimum Gasteiger partial charge on any atom is -0.341 e. The summed E-state index contributed by atoms with van der Waals surface area (Å²) < 4.78 is 0. The predicted molar refractivity (Wildman–Crippen MR) is 85.6 cm³/mol. The van der Waals surface area contributed by atoms with Gasteiger partial charge in [-0.15, -0.1) is 0 Å². The number of carbonyl (C=O) groups excluding carboxylic acids is 1. The summed E-state index contributed by atoms with van der Waals surface area (Å²) in [6, 6.07) is -0.268. The SMILES string of the molecule is CCCCCCC1CCN(C(=O)C(N)CCCC)CC1. The molecule has 3 heteroatoms. The number of hydrogen-bond donors (Lipinski definition) is 1. The Morgan fingerprint density at radius 1 is 1.10 bits per heavy atom. The second-order valence-corrected chi connectivity index (χ2v) is 6.37. The Hall–Kier alpha value is -0.570. The van der Waals surface area contributed by atoms with Gasteiger partial charge in [0.1, 0.15) is 0 Å². The van der Waals surface area contributed by atoms with Crippen LogP contribution < -0.4 is 5.73 Å². The molecule has 118 valence electrons. The van der Waals surface area contributed by atoms with Gasteiger partial charge in [0.25, 0.3) is 0 Å². The second-order valence-electron chi connectivity index (χ2n) is 6.37. The molecule has 0 aliphatic carbocycles. The maximum Gasteiger partial charge on any atom is 0.239 e. The van der Waals surface area contributed by atoms with Crippen molar-refractivity contribution in [3.05, 3.63) is 0 Å². The summed E-state index contributed by atoms with van der Waals surface area (Å²) in [5.41, 5.74) is 5.99. The molecule has 0 aromatic heterocycles. The lowest BCUT2D eigenvalue weighted by molar-refractivity contribution is -0.134. The number of likely N-dealkylation sites (tertiary alicyclic amines) is 1. The van der Waals surface area contributed by atoms with Gasteiger partial charge in [0, 0.05) is 13.1 Å². The molecule has 1 unspecified atom stereocenters. The quantitative estimate of drug-likeness (QED) is 0.655. The van der Waals surface area contributed by atoms with Crippen molar-refractivity contribution in [1.29, 1.82) is 0 Å². The molecule has 1 fully saturated rings. The number of piperidine rings is 1. The van der Waals surface area contributed by atoms with Crippen molar-refractivity contribution in [2.75, 3.05) is 13.1 Å². The summed E-state index contributed by atoms with van der Waals surface area (Å²) >= 11 is 0. The average Bonchev–Trinajstić information content (AvgIpc) is 2.49. The van der Waals surface area contributed by atoms with E-state index in [1.165, 1.54) is 44.9 Å². The van der Waals surface area contributed by atoms with Crippen LogP contribution in [0.2, 0.25) is 0 Å². The molecule has 2 N–H and O–H groups in total. The third-order valence-electron chi connectivity index (χ3n) is 4.58. The van der Waals surface area contributed by atoms with E-state index < -0.39 is 0 Å². The minimum absolute atomic E-state index is 0.183. The first-order valence-corrected chi connectivity index (χ1v) is 8.73. The van der Waals surface area contributed by atoms with Crippen LogP contribution in [0.1, 0.15) is 78.1 Å². The highest BCUT2D eigenvalue weighted by Gasteiger charge is 2.25. The zero-order chi connectivity index (χ0) is 14.8. The number of hydrogen-bond acceptors (Lipinski definition) is 2. The van der Waals surface area contributed by atoms with Gasteiger partial charge in [-0.25, -0.2) is 0 Å². The summed E-state index contributed by atoms with van der Waals surface area (Å²) in [6.07, 6.45) is 12.1. The molecule has 0 bridgehead atoms. The number of nitrogens with zero attached hydrogens (tertiary/aromatic N) is 1. The first kappa shape index (κ1) is 17.5. The first-order valence-electron chi connectivity index (χ1n) is 8.73. The molecular weight excluding hydrogens is 248 g/mol. The standard InChI is InChI=1S/C17H34N2O/c1-3-5-7-8-9-15-11-13-19(14-12-15)17(20)16(18)10-6-4-2/h15-16H,3-14,18H2,1-2H3. The van der Waals surface area contributed by atoms with E-state index in [2.05, 4.69) is 13.8 Å². The van der Waals surface area contributed by atoms with Crippen LogP contribution in [0.15, 0.2) is 0 Å². The zero-order valence-electron chi connectivity index (χ0n) is 13.6. The van der Waals surface area contributed by atoms with Gasteiger partial charge < -0.3 is 10.6 Å². The van der Waals surface area contributed by atoms with Crippen molar-refractivity contribution >= 4 is 5.91 Å². The number of carbonyl (C=O) groups is 1. The van der Waals surface area contributed by atoms with Gasteiger partial charge >= 0.3 is 0 Å². The van der Waals surface area contributed by atoms with Gasteiger partial charge in [0.05, 0.1) is 6.04 Å². The highest BCUT2D eigenvalue weighted by Crippen LogP contribution is 2.23. The van der Waals surface area contributed by atoms with Gasteiger partial charge in [0.2, 0.25) is 5.91 Å². The monoisotopic (exact) mass is 282 g/mol. The fraction of sp³-hybridized carbons (Fsp3) is 0.941. The largest absolute Gasteiger partial charge is 0.341 e. The molecule has 1 aliphatic rings. The number of amides is 1. The van der Waals surface area contributed by atoms with Gasteiger partial charge in [-0.1, -0.05) is 58.8 Å². The number of nitrogens with two attached hydrogens (primary N) is 1. The molecule has 1 aliphatic heterocycles. The lowest BCUT2D eigenvalue weighted by atomic mass is 9.91. The molecule has 20 heavy (non-hydrogen) atoms. The van der Waals surface area contributed by atoms with Crippen LogP contribution in [0.3, 0.4) is 0 Å². The molecule has 1 heterocycles. The average molecular weight is 282 g/mol. The lowest BCUT2D eigenvalue weighted by Crippen LogP contribution is -2.47. The number of unbranched alkanes of at least 4 members (excludes halogenated alkanes) is 4. The van der Waals surface area contributed by atoms with Crippen molar-refractivity contribution < 1.29 is 4.79 Å². The summed E-state index contributed by atoms with van der Waals surface area (Å²) in [6.45, 7) is 6.25. The summed E-state index contributed by atoms with van der Waals surface area (Å²) in [5.74, 6) is 1.02. The fourth-order valence-corrected chi connectivity index (χ4v) is 3.08. The van der Waals surface area contributed by atoms with Crippen LogP contribution in [-0.4, -0.2) is 29.9 Å². The van der Waals surface area contributed by atoms with Crippen molar-refractivity contribution in [3.8, 4) is 0 Å². The maximum atomic E-state index is 12.2. The van der Waals surface area contributed by atoms with Crippen LogP contribution in [0, 0.1) is 5.92 Å². The van der Waals surface area contributed by atoms with E-state index in [0.29, 0.717) is 0 Å². The molecule has 3 nitrogen and oxygen atoms in total. The molecule has 0 radical (unpaired) electrons. The van der Waals surface area contributed by atoms with Crippen LogP contribution in [-0.2, 0) is 4.79 Å². The van der Waals surface area contributed by atoms with Crippen LogP contribution in [0.25, 0.3) is 0 Å². The third kappa shape index (κ3) is 6.25. The third-order valence-corrected chi connectivity index (χ3v) is 4.58. The van der Waals surface area contributed by atoms with Crippen molar-refractivity contribution in [1.82, 2.24) is 4.90 Å². The molecule has 1 atom stereocenters. The first-order chi connectivity index (χ1) is 9.69. The molecule has 0 saturated carbocycles. The smallest absolute Gasteiger partial charge is 0.239 e. The van der Waals surface area contributed by atoms with Crippen molar-refractivity contribution in [2.24, 2.45) is 11.7 Å². The maximum absolute atomic E-state index is 12.2. The highest BCUT2D eigenvalue weighted by molar-refractivity contribution is 5.81. The molecule has 0 aromatic rings. The molecule has 1 rings (SSSR count). The van der Waals surface area contributed by atoms with E-state index in [9.17, 15) is 4.79 Å². The minimum atomic E-state index is -0.268. The summed E-state index contributed by atoms with van der Waals surface area (Å²) in [4.78, 5) is 14.2. The van der Waals surface area contributed by atoms with E-state index in [1.54, 1.807) is 0 Å². The fourth-order valence-electron chi connectivity index (χ4n) is 3.08. The Morgan fingerprint density at radius 2 is 1.75 bits per heavy atom. The second kappa shape index (κ2) is 10.2. The zero-order valence-corrected chi connectivity index (χ0v) is 13.6. The molecule has 1 saturated heterocycles. The van der Waals surface area contributed by atoms with E-state index in [0.717, 1.165) is 38.3 Å². The predicted octanol–water partition coefficient (Wildman–Crippen LogP) is 3.71. The van der Waals surface area contributed by atoms with E-state index in [4.69, 9.17) is 5.73 Å². The molecule has 0 aromatic carbocycles. The Kier molecular flexibility index (Phi) is 8.92. The van der Waals surface area contributed by atoms with Gasteiger partial charge in [-0.05, 0) is 25.2 Å². The van der Waals surface area contributed by atoms with Crippen LogP contribution >= 0.6 is 0 Å². The molecule has 1 amide bonds. The van der Waals surface area contributed by atoms with Gasteiger partial charge in [-0.3, -0.25) is 4.79 Å².